The summed E-state index contributed by atoms with van der Waals surface area (Å²) in [6.45, 7) is 2.10. The Balaban J connectivity index is 2.50. The Morgan fingerprint density at radius 3 is 2.78 bits per heavy atom. The van der Waals surface area contributed by atoms with Gasteiger partial charge in [-0.3, -0.25) is 4.79 Å². The molecule has 1 amide bonds. The molecule has 1 rings (SSSR count). The van der Waals surface area contributed by atoms with Gasteiger partial charge >= 0.3 is 0 Å². The Bertz CT molecular complexity index is 412. The summed E-state index contributed by atoms with van der Waals surface area (Å²) < 4.78 is 5.43. The van der Waals surface area contributed by atoms with Crippen LogP contribution in [0.25, 0.3) is 0 Å². The summed E-state index contributed by atoms with van der Waals surface area (Å²) in [4.78, 5) is 11.6. The van der Waals surface area contributed by atoms with Gasteiger partial charge in [0, 0.05) is 19.2 Å². The zero-order chi connectivity index (χ0) is 13.5. The first-order chi connectivity index (χ1) is 8.54. The second kappa shape index (κ2) is 7.46. The molecule has 1 unspecified atom stereocenters. The van der Waals surface area contributed by atoms with E-state index < -0.39 is 6.10 Å². The lowest BCUT2D eigenvalue weighted by atomic mass is 10.3. The van der Waals surface area contributed by atoms with Gasteiger partial charge in [0.25, 0.3) is 5.91 Å². The third-order valence-electron chi connectivity index (χ3n) is 2.21. The molecule has 0 spiro atoms. The number of benzene rings is 1. The SMILES string of the molecule is CC(Oc1ccc(Cl)c(Cl)c1)C(=O)NCCCO. The first kappa shape index (κ1) is 15.1. The normalized spacial score (nSPS) is 12.0. The highest BCUT2D eigenvalue weighted by Gasteiger charge is 2.14. The third-order valence-corrected chi connectivity index (χ3v) is 2.95. The molecule has 0 heterocycles. The first-order valence-corrected chi connectivity index (χ1v) is 6.30. The summed E-state index contributed by atoms with van der Waals surface area (Å²) in [6, 6.07) is 4.81. The number of nitrogens with one attached hydrogen (secondary N) is 1. The van der Waals surface area contributed by atoms with E-state index in [9.17, 15) is 4.79 Å². The molecule has 2 N–H and O–H groups in total. The number of hydrogen-bond acceptors (Lipinski definition) is 3. The minimum Gasteiger partial charge on any atom is -0.481 e. The lowest BCUT2D eigenvalue weighted by Gasteiger charge is -2.14. The van der Waals surface area contributed by atoms with Gasteiger partial charge in [0.05, 0.1) is 10.0 Å². The van der Waals surface area contributed by atoms with Crippen molar-refractivity contribution in [2.24, 2.45) is 0 Å². The van der Waals surface area contributed by atoms with Crippen molar-refractivity contribution in [2.45, 2.75) is 19.4 Å². The molecule has 0 radical (unpaired) electrons. The fourth-order valence-electron chi connectivity index (χ4n) is 1.24. The van der Waals surface area contributed by atoms with Crippen LogP contribution in [-0.4, -0.2) is 30.3 Å². The number of rotatable bonds is 6. The molecule has 0 aliphatic heterocycles. The van der Waals surface area contributed by atoms with E-state index in [-0.39, 0.29) is 12.5 Å². The number of hydrogen-bond donors (Lipinski definition) is 2. The minimum absolute atomic E-state index is 0.0440. The number of halogens is 2. The van der Waals surface area contributed by atoms with Gasteiger partial charge in [0.2, 0.25) is 0 Å². The fraction of sp³-hybridized carbons (Fsp3) is 0.417. The van der Waals surface area contributed by atoms with Crippen LogP contribution in [0.1, 0.15) is 13.3 Å². The molecule has 0 saturated heterocycles. The smallest absolute Gasteiger partial charge is 0.260 e. The van der Waals surface area contributed by atoms with Crippen LogP contribution < -0.4 is 10.1 Å². The summed E-state index contributed by atoms with van der Waals surface area (Å²) in [5.74, 6) is 0.240. The maximum atomic E-state index is 11.6. The summed E-state index contributed by atoms with van der Waals surface area (Å²) >= 11 is 11.6. The van der Waals surface area contributed by atoms with Crippen molar-refractivity contribution in [3.05, 3.63) is 28.2 Å². The van der Waals surface area contributed by atoms with E-state index in [2.05, 4.69) is 5.32 Å². The van der Waals surface area contributed by atoms with Crippen LogP contribution in [0.4, 0.5) is 0 Å². The molecule has 0 saturated carbocycles. The molecule has 0 bridgehead atoms. The predicted octanol–water partition coefficient (Wildman–Crippen LogP) is 2.26. The van der Waals surface area contributed by atoms with Crippen molar-refractivity contribution < 1.29 is 14.6 Å². The molecule has 1 aromatic carbocycles. The monoisotopic (exact) mass is 291 g/mol. The van der Waals surface area contributed by atoms with Crippen molar-refractivity contribution in [1.29, 1.82) is 0 Å². The standard InChI is InChI=1S/C12H15Cl2NO3/c1-8(12(17)15-5-2-6-16)18-9-3-4-10(13)11(14)7-9/h3-4,7-8,16H,2,5-6H2,1H3,(H,15,17). The predicted molar refractivity (Wildman–Crippen MR) is 71.3 cm³/mol. The quantitative estimate of drug-likeness (QED) is 0.791. The summed E-state index contributed by atoms with van der Waals surface area (Å²) in [6.07, 6.45) is -0.119. The number of amides is 1. The molecule has 1 atom stereocenters. The molecule has 0 fully saturated rings. The van der Waals surface area contributed by atoms with Crippen LogP contribution >= 0.6 is 23.2 Å². The van der Waals surface area contributed by atoms with Crippen molar-refractivity contribution in [2.75, 3.05) is 13.2 Å². The molecule has 4 nitrogen and oxygen atoms in total. The number of aliphatic hydroxyl groups is 1. The van der Waals surface area contributed by atoms with E-state index in [4.69, 9.17) is 33.0 Å². The van der Waals surface area contributed by atoms with Gasteiger partial charge in [0.15, 0.2) is 6.10 Å². The second-order valence-electron chi connectivity index (χ2n) is 3.70. The Morgan fingerprint density at radius 2 is 2.17 bits per heavy atom. The summed E-state index contributed by atoms with van der Waals surface area (Å²) in [7, 11) is 0. The Labute approximate surface area is 116 Å². The topological polar surface area (TPSA) is 58.6 Å². The van der Waals surface area contributed by atoms with E-state index in [1.807, 2.05) is 0 Å². The molecular weight excluding hydrogens is 277 g/mol. The van der Waals surface area contributed by atoms with Crippen LogP contribution in [-0.2, 0) is 4.79 Å². The van der Waals surface area contributed by atoms with Crippen molar-refractivity contribution >= 4 is 29.1 Å². The Kier molecular flexibility index (Phi) is 6.25. The zero-order valence-electron chi connectivity index (χ0n) is 9.95. The van der Waals surface area contributed by atoms with Crippen LogP contribution in [0.3, 0.4) is 0 Å². The van der Waals surface area contributed by atoms with Crippen LogP contribution in [0, 0.1) is 0 Å². The number of aliphatic hydroxyl groups excluding tert-OH is 1. The van der Waals surface area contributed by atoms with Crippen LogP contribution in [0.2, 0.25) is 10.0 Å². The largest absolute Gasteiger partial charge is 0.481 e. The summed E-state index contributed by atoms with van der Waals surface area (Å²) in [5.41, 5.74) is 0. The lowest BCUT2D eigenvalue weighted by molar-refractivity contribution is -0.127. The van der Waals surface area contributed by atoms with Gasteiger partial charge in [-0.1, -0.05) is 23.2 Å². The van der Waals surface area contributed by atoms with Crippen LogP contribution in [0.15, 0.2) is 18.2 Å². The molecule has 1 aromatic rings. The van der Waals surface area contributed by atoms with Gasteiger partial charge in [-0.05, 0) is 25.5 Å². The highest BCUT2D eigenvalue weighted by molar-refractivity contribution is 6.42. The van der Waals surface area contributed by atoms with Crippen molar-refractivity contribution in [3.63, 3.8) is 0 Å². The molecule has 0 aromatic heterocycles. The average molecular weight is 292 g/mol. The fourth-order valence-corrected chi connectivity index (χ4v) is 1.53. The van der Waals surface area contributed by atoms with Crippen molar-refractivity contribution in [3.8, 4) is 5.75 Å². The van der Waals surface area contributed by atoms with E-state index >= 15 is 0 Å². The molecule has 0 aliphatic carbocycles. The number of ether oxygens (including phenoxy) is 1. The molecule has 100 valence electrons. The van der Waals surface area contributed by atoms with E-state index in [0.717, 1.165) is 0 Å². The van der Waals surface area contributed by atoms with Gasteiger partial charge in [-0.2, -0.15) is 0 Å². The average Bonchev–Trinajstić information content (AvgIpc) is 2.34. The second-order valence-corrected chi connectivity index (χ2v) is 4.52. The zero-order valence-corrected chi connectivity index (χ0v) is 11.5. The molecule has 6 heteroatoms. The summed E-state index contributed by atoms with van der Waals surface area (Å²) in [5, 5.41) is 12.1. The highest BCUT2D eigenvalue weighted by Crippen LogP contribution is 2.26. The maximum absolute atomic E-state index is 11.6. The van der Waals surface area contributed by atoms with E-state index in [1.54, 1.807) is 25.1 Å². The number of carbonyl (C=O) groups is 1. The third kappa shape index (κ3) is 4.72. The molecule has 18 heavy (non-hydrogen) atoms. The van der Waals surface area contributed by atoms with Gasteiger partial charge in [-0.25, -0.2) is 0 Å². The van der Waals surface area contributed by atoms with Gasteiger partial charge in [-0.15, -0.1) is 0 Å². The van der Waals surface area contributed by atoms with E-state index in [1.165, 1.54) is 0 Å². The Morgan fingerprint density at radius 1 is 1.44 bits per heavy atom. The Hall–Kier alpha value is -0.970. The van der Waals surface area contributed by atoms with Gasteiger partial charge < -0.3 is 15.2 Å². The maximum Gasteiger partial charge on any atom is 0.260 e. The first-order valence-electron chi connectivity index (χ1n) is 5.55. The van der Waals surface area contributed by atoms with Gasteiger partial charge in [0.1, 0.15) is 5.75 Å². The number of carbonyl (C=O) groups excluding carboxylic acids is 1. The minimum atomic E-state index is -0.638. The molecular formula is C12H15Cl2NO3. The molecule has 0 aliphatic rings. The van der Waals surface area contributed by atoms with Crippen molar-refractivity contribution in [1.82, 2.24) is 5.32 Å². The lowest BCUT2D eigenvalue weighted by Crippen LogP contribution is -2.37. The highest BCUT2D eigenvalue weighted by atomic mass is 35.5. The van der Waals surface area contributed by atoms with Crippen LogP contribution in [0.5, 0.6) is 5.75 Å². The van der Waals surface area contributed by atoms with E-state index in [0.29, 0.717) is 28.8 Å².